The summed E-state index contributed by atoms with van der Waals surface area (Å²) in [6, 6.07) is 15.0. The third-order valence-electron chi connectivity index (χ3n) is 4.58. The summed E-state index contributed by atoms with van der Waals surface area (Å²) in [4.78, 5) is 28.1. The van der Waals surface area contributed by atoms with Crippen molar-refractivity contribution in [2.45, 2.75) is 0 Å². The van der Waals surface area contributed by atoms with Crippen LogP contribution in [0.1, 0.15) is 0 Å². The van der Waals surface area contributed by atoms with Crippen molar-refractivity contribution in [2.24, 2.45) is 0 Å². The molecule has 0 unspecified atom stereocenters. The zero-order valence-corrected chi connectivity index (χ0v) is 17.8. The van der Waals surface area contributed by atoms with Crippen LogP contribution in [0.5, 0.6) is 11.5 Å². The highest BCUT2D eigenvalue weighted by Gasteiger charge is 2.22. The van der Waals surface area contributed by atoms with Gasteiger partial charge in [-0.25, -0.2) is 4.79 Å². The number of anilines is 1. The van der Waals surface area contributed by atoms with Crippen molar-refractivity contribution in [1.82, 2.24) is 4.90 Å². The average molecular weight is 463 g/mol. The molecular formula is C21H23BrN2O5. The normalized spacial score (nSPS) is 13.7. The van der Waals surface area contributed by atoms with Gasteiger partial charge >= 0.3 is 5.97 Å². The molecule has 0 radical (unpaired) electrons. The topological polar surface area (TPSA) is 68.3 Å². The van der Waals surface area contributed by atoms with E-state index in [0.717, 1.165) is 29.0 Å². The van der Waals surface area contributed by atoms with Crippen LogP contribution in [-0.4, -0.2) is 63.3 Å². The fourth-order valence-electron chi connectivity index (χ4n) is 2.98. The largest absolute Gasteiger partial charge is 0.497 e. The first-order chi connectivity index (χ1) is 14.0. The number of piperazine rings is 1. The number of esters is 1. The second kappa shape index (κ2) is 10.2. The van der Waals surface area contributed by atoms with E-state index in [9.17, 15) is 9.59 Å². The zero-order valence-electron chi connectivity index (χ0n) is 16.2. The standard InChI is InChI=1S/C21H23BrN2O5/c1-27-18-7-5-17(6-8-18)23-9-11-24(12-10-23)20(25)14-29-21(26)15-28-19-4-2-3-16(22)13-19/h2-8,13H,9-12,14-15H2,1H3. The van der Waals surface area contributed by atoms with E-state index in [1.54, 1.807) is 30.2 Å². The molecule has 0 spiro atoms. The maximum atomic E-state index is 12.3. The summed E-state index contributed by atoms with van der Waals surface area (Å²) in [7, 11) is 1.64. The lowest BCUT2D eigenvalue weighted by molar-refractivity contribution is -0.153. The smallest absolute Gasteiger partial charge is 0.344 e. The van der Waals surface area contributed by atoms with Crippen LogP contribution in [0.15, 0.2) is 53.0 Å². The molecule has 0 atom stereocenters. The first-order valence-electron chi connectivity index (χ1n) is 9.26. The number of nitrogens with zero attached hydrogens (tertiary/aromatic N) is 2. The van der Waals surface area contributed by atoms with Crippen LogP contribution in [0, 0.1) is 0 Å². The number of methoxy groups -OCH3 is 1. The maximum absolute atomic E-state index is 12.3. The first-order valence-corrected chi connectivity index (χ1v) is 10.1. The predicted octanol–water partition coefficient (Wildman–Crippen LogP) is 2.73. The van der Waals surface area contributed by atoms with Crippen LogP contribution in [0.2, 0.25) is 0 Å². The molecule has 0 aromatic heterocycles. The van der Waals surface area contributed by atoms with Gasteiger partial charge in [-0.15, -0.1) is 0 Å². The van der Waals surface area contributed by atoms with E-state index in [2.05, 4.69) is 20.8 Å². The van der Waals surface area contributed by atoms with Gasteiger partial charge in [0.25, 0.3) is 5.91 Å². The van der Waals surface area contributed by atoms with Crippen LogP contribution in [-0.2, 0) is 14.3 Å². The Morgan fingerprint density at radius 2 is 1.69 bits per heavy atom. The molecule has 1 aliphatic heterocycles. The second-order valence-corrected chi connectivity index (χ2v) is 7.39. The van der Waals surface area contributed by atoms with Gasteiger partial charge in [-0.3, -0.25) is 4.79 Å². The van der Waals surface area contributed by atoms with Crippen molar-refractivity contribution >= 4 is 33.5 Å². The summed E-state index contributed by atoms with van der Waals surface area (Å²) in [6.07, 6.45) is 0. The number of hydrogen-bond donors (Lipinski definition) is 0. The number of carbonyl (C=O) groups is 2. The molecule has 0 aliphatic carbocycles. The van der Waals surface area contributed by atoms with Crippen LogP contribution in [0.25, 0.3) is 0 Å². The zero-order chi connectivity index (χ0) is 20.6. The average Bonchev–Trinajstić information content (AvgIpc) is 2.76. The highest BCUT2D eigenvalue weighted by atomic mass is 79.9. The first kappa shape index (κ1) is 21.0. The summed E-state index contributed by atoms with van der Waals surface area (Å²) in [5.74, 6) is 0.593. The Labute approximate surface area is 178 Å². The van der Waals surface area contributed by atoms with Gasteiger partial charge in [0, 0.05) is 36.3 Å². The summed E-state index contributed by atoms with van der Waals surface area (Å²) >= 11 is 3.33. The fraction of sp³-hybridized carbons (Fsp3) is 0.333. The van der Waals surface area contributed by atoms with Crippen molar-refractivity contribution in [2.75, 3.05) is 51.4 Å². The van der Waals surface area contributed by atoms with E-state index >= 15 is 0 Å². The van der Waals surface area contributed by atoms with Gasteiger partial charge in [-0.2, -0.15) is 0 Å². The Bertz CT molecular complexity index is 835. The minimum atomic E-state index is -0.574. The van der Waals surface area contributed by atoms with Gasteiger partial charge in [0.15, 0.2) is 13.2 Å². The minimum Gasteiger partial charge on any atom is -0.497 e. The number of carbonyl (C=O) groups excluding carboxylic acids is 2. The van der Waals surface area contributed by atoms with Crippen molar-refractivity contribution in [3.05, 3.63) is 53.0 Å². The highest BCUT2D eigenvalue weighted by molar-refractivity contribution is 9.10. The molecule has 1 fully saturated rings. The van der Waals surface area contributed by atoms with Crippen LogP contribution in [0.3, 0.4) is 0 Å². The van der Waals surface area contributed by atoms with Gasteiger partial charge in [0.1, 0.15) is 11.5 Å². The molecule has 1 saturated heterocycles. The molecule has 1 amide bonds. The molecule has 7 nitrogen and oxygen atoms in total. The van der Waals surface area contributed by atoms with E-state index in [0.29, 0.717) is 18.8 Å². The lowest BCUT2D eigenvalue weighted by Crippen LogP contribution is -2.50. The van der Waals surface area contributed by atoms with Crippen molar-refractivity contribution in [3.63, 3.8) is 0 Å². The molecule has 0 N–H and O–H groups in total. The molecule has 154 valence electrons. The summed E-state index contributed by atoms with van der Waals surface area (Å²) < 4.78 is 16.4. The van der Waals surface area contributed by atoms with Gasteiger partial charge in [0.2, 0.25) is 0 Å². The lowest BCUT2D eigenvalue weighted by Gasteiger charge is -2.36. The van der Waals surface area contributed by atoms with E-state index in [1.807, 2.05) is 30.3 Å². The summed E-state index contributed by atoms with van der Waals surface area (Å²) in [5.41, 5.74) is 1.09. The van der Waals surface area contributed by atoms with Crippen molar-refractivity contribution < 1.29 is 23.8 Å². The van der Waals surface area contributed by atoms with E-state index < -0.39 is 5.97 Å². The van der Waals surface area contributed by atoms with Gasteiger partial charge in [-0.05, 0) is 42.5 Å². The van der Waals surface area contributed by atoms with Gasteiger partial charge in [-0.1, -0.05) is 22.0 Å². The maximum Gasteiger partial charge on any atom is 0.344 e. The molecule has 2 aromatic carbocycles. The SMILES string of the molecule is COc1ccc(N2CCN(C(=O)COC(=O)COc3cccc(Br)c3)CC2)cc1. The second-order valence-electron chi connectivity index (χ2n) is 6.47. The van der Waals surface area contributed by atoms with E-state index in [-0.39, 0.29) is 19.1 Å². The van der Waals surface area contributed by atoms with Crippen LogP contribution >= 0.6 is 15.9 Å². The number of rotatable bonds is 7. The molecule has 1 aliphatic rings. The number of benzene rings is 2. The molecule has 3 rings (SSSR count). The summed E-state index contributed by atoms with van der Waals surface area (Å²) in [6.45, 7) is 2.09. The number of ether oxygens (including phenoxy) is 3. The molecule has 29 heavy (non-hydrogen) atoms. The molecule has 1 heterocycles. The lowest BCUT2D eigenvalue weighted by atomic mass is 10.2. The Hall–Kier alpha value is -2.74. The minimum absolute atomic E-state index is 0.199. The number of hydrogen-bond acceptors (Lipinski definition) is 6. The van der Waals surface area contributed by atoms with E-state index in [4.69, 9.17) is 14.2 Å². The van der Waals surface area contributed by atoms with Crippen molar-refractivity contribution in [1.29, 1.82) is 0 Å². The third kappa shape index (κ3) is 6.12. The molecule has 0 bridgehead atoms. The van der Waals surface area contributed by atoms with Crippen LogP contribution < -0.4 is 14.4 Å². The number of halogens is 1. The van der Waals surface area contributed by atoms with Gasteiger partial charge in [0.05, 0.1) is 7.11 Å². The van der Waals surface area contributed by atoms with Crippen LogP contribution in [0.4, 0.5) is 5.69 Å². The Morgan fingerprint density at radius 1 is 0.966 bits per heavy atom. The van der Waals surface area contributed by atoms with Gasteiger partial charge < -0.3 is 24.0 Å². The predicted molar refractivity (Wildman–Crippen MR) is 112 cm³/mol. The summed E-state index contributed by atoms with van der Waals surface area (Å²) in [5, 5.41) is 0. The Morgan fingerprint density at radius 3 is 2.34 bits per heavy atom. The molecule has 8 heteroatoms. The highest BCUT2D eigenvalue weighted by Crippen LogP contribution is 2.20. The van der Waals surface area contributed by atoms with Crippen molar-refractivity contribution in [3.8, 4) is 11.5 Å². The molecule has 2 aromatic rings. The Kier molecular flexibility index (Phi) is 7.35. The van der Waals surface area contributed by atoms with E-state index in [1.165, 1.54) is 0 Å². The number of amides is 1. The molecule has 0 saturated carbocycles. The molecular weight excluding hydrogens is 440 g/mol. The fourth-order valence-corrected chi connectivity index (χ4v) is 3.36. The monoisotopic (exact) mass is 462 g/mol. The third-order valence-corrected chi connectivity index (χ3v) is 5.07. The quantitative estimate of drug-likeness (QED) is 0.589. The Balaban J connectivity index is 1.38.